The summed E-state index contributed by atoms with van der Waals surface area (Å²) in [4.78, 5) is 11.4. The largest absolute Gasteiger partial charge is 0.480 e. The summed E-state index contributed by atoms with van der Waals surface area (Å²) in [6, 6.07) is 14.1. The van der Waals surface area contributed by atoms with E-state index in [1.165, 1.54) is 0 Å². The van der Waals surface area contributed by atoms with Gasteiger partial charge in [0.25, 0.3) is 0 Å². The summed E-state index contributed by atoms with van der Waals surface area (Å²) in [6.45, 7) is 2.35. The van der Waals surface area contributed by atoms with Gasteiger partial charge in [-0.3, -0.25) is 10.1 Å². The van der Waals surface area contributed by atoms with Crippen LogP contribution in [-0.4, -0.2) is 11.1 Å². The summed E-state index contributed by atoms with van der Waals surface area (Å²) in [5, 5.41) is 13.0. The van der Waals surface area contributed by atoms with Crippen molar-refractivity contribution in [3.05, 3.63) is 70.2 Å². The quantitative estimate of drug-likeness (QED) is 0.885. The highest BCUT2D eigenvalue weighted by molar-refractivity contribution is 6.31. The van der Waals surface area contributed by atoms with Gasteiger partial charge in [0.1, 0.15) is 6.04 Å². The van der Waals surface area contributed by atoms with E-state index >= 15 is 0 Å². The highest BCUT2D eigenvalue weighted by Gasteiger charge is 2.19. The predicted octanol–water partition coefficient (Wildman–Crippen LogP) is 3.56. The Labute approximate surface area is 123 Å². The number of benzene rings is 2. The molecule has 0 bridgehead atoms. The van der Waals surface area contributed by atoms with Crippen molar-refractivity contribution in [2.24, 2.45) is 0 Å². The van der Waals surface area contributed by atoms with E-state index in [-0.39, 0.29) is 0 Å². The summed E-state index contributed by atoms with van der Waals surface area (Å²) in [5.74, 6) is -0.900. The zero-order chi connectivity index (χ0) is 14.5. The minimum atomic E-state index is -0.900. The minimum absolute atomic E-state index is 0.407. The number of hydrogen-bond acceptors (Lipinski definition) is 2. The smallest absolute Gasteiger partial charge is 0.325 e. The molecule has 2 aromatic carbocycles. The Kier molecular flexibility index (Phi) is 4.77. The van der Waals surface area contributed by atoms with Gasteiger partial charge in [-0.1, -0.05) is 59.6 Å². The molecule has 0 saturated heterocycles. The van der Waals surface area contributed by atoms with Gasteiger partial charge < -0.3 is 5.11 Å². The van der Waals surface area contributed by atoms with Gasteiger partial charge in [-0.05, 0) is 24.1 Å². The third kappa shape index (κ3) is 3.59. The summed E-state index contributed by atoms with van der Waals surface area (Å²) >= 11 is 6.07. The normalized spacial score (nSPS) is 12.1. The van der Waals surface area contributed by atoms with E-state index in [0.717, 1.165) is 16.7 Å². The molecule has 1 atom stereocenters. The van der Waals surface area contributed by atoms with Crippen LogP contribution < -0.4 is 5.32 Å². The molecule has 2 rings (SSSR count). The maximum atomic E-state index is 11.4. The maximum Gasteiger partial charge on any atom is 0.325 e. The van der Waals surface area contributed by atoms with E-state index in [1.807, 2.05) is 49.4 Å². The van der Waals surface area contributed by atoms with Crippen LogP contribution in [0.4, 0.5) is 0 Å². The van der Waals surface area contributed by atoms with Crippen LogP contribution >= 0.6 is 11.6 Å². The van der Waals surface area contributed by atoms with Gasteiger partial charge in [0, 0.05) is 11.6 Å². The number of aliphatic carboxylic acids is 1. The molecule has 2 N–H and O–H groups in total. The molecule has 0 heterocycles. The molecular formula is C16H16ClNO2. The molecule has 0 aliphatic carbocycles. The first-order chi connectivity index (χ1) is 9.58. The van der Waals surface area contributed by atoms with Crippen molar-refractivity contribution < 1.29 is 9.90 Å². The number of hydrogen-bond donors (Lipinski definition) is 2. The number of carboxylic acids is 1. The summed E-state index contributed by atoms with van der Waals surface area (Å²) in [7, 11) is 0. The lowest BCUT2D eigenvalue weighted by Gasteiger charge is -2.16. The average Bonchev–Trinajstić information content (AvgIpc) is 2.41. The highest BCUT2D eigenvalue weighted by Crippen LogP contribution is 2.18. The molecule has 0 spiro atoms. The first-order valence-corrected chi connectivity index (χ1v) is 6.72. The third-order valence-electron chi connectivity index (χ3n) is 3.08. The molecular weight excluding hydrogens is 274 g/mol. The van der Waals surface area contributed by atoms with Crippen LogP contribution in [0.15, 0.2) is 48.5 Å². The Balaban J connectivity index is 2.15. The standard InChI is InChI=1S/C16H16ClNO2/c1-11-5-4-7-12(9-11)15(16(19)20)18-10-13-6-2-3-8-14(13)17/h2-9,15,18H,10H2,1H3,(H,19,20). The second-order valence-corrected chi connectivity index (χ2v) is 5.06. The predicted molar refractivity (Wildman–Crippen MR) is 79.8 cm³/mol. The fourth-order valence-electron chi connectivity index (χ4n) is 2.05. The molecule has 104 valence electrons. The van der Waals surface area contributed by atoms with Crippen molar-refractivity contribution in [2.75, 3.05) is 0 Å². The number of carboxylic acid groups (broad SMARTS) is 1. The molecule has 0 fully saturated rings. The maximum absolute atomic E-state index is 11.4. The minimum Gasteiger partial charge on any atom is -0.480 e. The number of aryl methyl sites for hydroxylation is 1. The molecule has 1 unspecified atom stereocenters. The fraction of sp³-hybridized carbons (Fsp3) is 0.188. The summed E-state index contributed by atoms with van der Waals surface area (Å²) < 4.78 is 0. The van der Waals surface area contributed by atoms with E-state index in [4.69, 9.17) is 11.6 Å². The van der Waals surface area contributed by atoms with E-state index < -0.39 is 12.0 Å². The number of rotatable bonds is 5. The number of carbonyl (C=O) groups is 1. The molecule has 0 aliphatic rings. The Bertz CT molecular complexity index is 613. The van der Waals surface area contributed by atoms with Crippen molar-refractivity contribution in [3.63, 3.8) is 0 Å². The van der Waals surface area contributed by atoms with E-state index in [2.05, 4.69) is 5.32 Å². The highest BCUT2D eigenvalue weighted by atomic mass is 35.5. The van der Waals surface area contributed by atoms with Gasteiger partial charge in [0.2, 0.25) is 0 Å². The molecule has 0 aliphatic heterocycles. The first kappa shape index (κ1) is 14.6. The third-order valence-corrected chi connectivity index (χ3v) is 3.45. The van der Waals surface area contributed by atoms with Crippen LogP contribution in [0.5, 0.6) is 0 Å². The van der Waals surface area contributed by atoms with Crippen LogP contribution in [-0.2, 0) is 11.3 Å². The van der Waals surface area contributed by atoms with E-state index in [0.29, 0.717) is 11.6 Å². The second kappa shape index (κ2) is 6.55. The van der Waals surface area contributed by atoms with Crippen molar-refractivity contribution in [2.45, 2.75) is 19.5 Å². The molecule has 0 radical (unpaired) electrons. The monoisotopic (exact) mass is 289 g/mol. The Morgan fingerprint density at radius 3 is 2.65 bits per heavy atom. The Hall–Kier alpha value is -1.84. The van der Waals surface area contributed by atoms with Crippen LogP contribution in [0.25, 0.3) is 0 Å². The van der Waals surface area contributed by atoms with Gasteiger partial charge in [-0.25, -0.2) is 0 Å². The van der Waals surface area contributed by atoms with Gasteiger partial charge in [-0.15, -0.1) is 0 Å². The molecule has 0 amide bonds. The van der Waals surface area contributed by atoms with Crippen molar-refractivity contribution in [3.8, 4) is 0 Å². The van der Waals surface area contributed by atoms with Gasteiger partial charge >= 0.3 is 5.97 Å². The van der Waals surface area contributed by atoms with Crippen LogP contribution in [0.2, 0.25) is 5.02 Å². The van der Waals surface area contributed by atoms with Crippen LogP contribution in [0.3, 0.4) is 0 Å². The zero-order valence-electron chi connectivity index (χ0n) is 11.1. The number of halogens is 1. The topological polar surface area (TPSA) is 49.3 Å². The molecule has 0 aromatic heterocycles. The summed E-state index contributed by atoms with van der Waals surface area (Å²) in [5.41, 5.74) is 2.66. The summed E-state index contributed by atoms with van der Waals surface area (Å²) in [6.07, 6.45) is 0. The van der Waals surface area contributed by atoms with Gasteiger partial charge in [-0.2, -0.15) is 0 Å². The van der Waals surface area contributed by atoms with Crippen LogP contribution in [0, 0.1) is 6.92 Å². The lowest BCUT2D eigenvalue weighted by Crippen LogP contribution is -2.28. The fourth-order valence-corrected chi connectivity index (χ4v) is 2.25. The van der Waals surface area contributed by atoms with Crippen molar-refractivity contribution in [1.29, 1.82) is 0 Å². The molecule has 3 nitrogen and oxygen atoms in total. The molecule has 20 heavy (non-hydrogen) atoms. The Morgan fingerprint density at radius 2 is 2.00 bits per heavy atom. The number of nitrogens with one attached hydrogen (secondary N) is 1. The van der Waals surface area contributed by atoms with Crippen molar-refractivity contribution >= 4 is 17.6 Å². The van der Waals surface area contributed by atoms with E-state index in [9.17, 15) is 9.90 Å². The lowest BCUT2D eigenvalue weighted by molar-refractivity contribution is -0.139. The average molecular weight is 290 g/mol. The van der Waals surface area contributed by atoms with Gasteiger partial charge in [0.15, 0.2) is 0 Å². The molecule has 4 heteroatoms. The molecule has 2 aromatic rings. The first-order valence-electron chi connectivity index (χ1n) is 6.34. The van der Waals surface area contributed by atoms with Gasteiger partial charge in [0.05, 0.1) is 0 Å². The molecule has 0 saturated carbocycles. The Morgan fingerprint density at radius 1 is 1.25 bits per heavy atom. The van der Waals surface area contributed by atoms with Crippen molar-refractivity contribution in [1.82, 2.24) is 5.32 Å². The van der Waals surface area contributed by atoms with E-state index in [1.54, 1.807) is 6.07 Å². The lowest BCUT2D eigenvalue weighted by atomic mass is 10.0. The van der Waals surface area contributed by atoms with Crippen LogP contribution in [0.1, 0.15) is 22.7 Å². The SMILES string of the molecule is Cc1cccc(C(NCc2ccccc2Cl)C(=O)O)c1. The zero-order valence-corrected chi connectivity index (χ0v) is 11.9. The second-order valence-electron chi connectivity index (χ2n) is 4.66.